The normalized spacial score (nSPS) is 17.0. The molecule has 0 aromatic carbocycles. The minimum absolute atomic E-state index is 0.345. The summed E-state index contributed by atoms with van der Waals surface area (Å²) in [5.74, 6) is 3.36. The highest BCUT2D eigenvalue weighted by molar-refractivity contribution is 5.49. The third-order valence-corrected chi connectivity index (χ3v) is 3.38. The Morgan fingerprint density at radius 2 is 2.05 bits per heavy atom. The maximum absolute atomic E-state index is 5.94. The van der Waals surface area contributed by atoms with Gasteiger partial charge in [0.05, 0.1) is 0 Å². The summed E-state index contributed by atoms with van der Waals surface area (Å²) >= 11 is 0. The van der Waals surface area contributed by atoms with E-state index >= 15 is 0 Å². The molecular formula is C14H25N5. The van der Waals surface area contributed by atoms with Crippen LogP contribution in [0.2, 0.25) is 0 Å². The SMILES string of the molecule is Cc1nc(NCC(C)C)cc(N2CCC(N)CC2)n1. The topological polar surface area (TPSA) is 67.1 Å². The van der Waals surface area contributed by atoms with Crippen molar-refractivity contribution in [3.05, 3.63) is 11.9 Å². The Balaban J connectivity index is 2.07. The molecule has 0 atom stereocenters. The lowest BCUT2D eigenvalue weighted by molar-refractivity contribution is 0.498. The van der Waals surface area contributed by atoms with Crippen molar-refractivity contribution in [2.24, 2.45) is 11.7 Å². The smallest absolute Gasteiger partial charge is 0.134 e. The maximum Gasteiger partial charge on any atom is 0.134 e. The van der Waals surface area contributed by atoms with E-state index < -0.39 is 0 Å². The maximum atomic E-state index is 5.94. The molecule has 0 spiro atoms. The number of rotatable bonds is 4. The van der Waals surface area contributed by atoms with Crippen LogP contribution in [0.1, 0.15) is 32.5 Å². The van der Waals surface area contributed by atoms with Gasteiger partial charge in [0.1, 0.15) is 17.5 Å². The van der Waals surface area contributed by atoms with Crippen LogP contribution in [0.15, 0.2) is 6.07 Å². The van der Waals surface area contributed by atoms with Crippen molar-refractivity contribution >= 4 is 11.6 Å². The van der Waals surface area contributed by atoms with Gasteiger partial charge in [-0.2, -0.15) is 0 Å². The summed E-state index contributed by atoms with van der Waals surface area (Å²) in [6.45, 7) is 9.23. The van der Waals surface area contributed by atoms with Crippen molar-refractivity contribution in [2.75, 3.05) is 29.9 Å². The van der Waals surface area contributed by atoms with E-state index in [1.165, 1.54) is 0 Å². The van der Waals surface area contributed by atoms with Crippen molar-refractivity contribution in [1.29, 1.82) is 0 Å². The van der Waals surface area contributed by atoms with Crippen molar-refractivity contribution in [1.82, 2.24) is 9.97 Å². The Bertz CT molecular complexity index is 410. The van der Waals surface area contributed by atoms with E-state index in [9.17, 15) is 0 Å². The van der Waals surface area contributed by atoms with E-state index in [1.807, 2.05) is 13.0 Å². The molecule has 2 heterocycles. The summed E-state index contributed by atoms with van der Waals surface area (Å²) in [5.41, 5.74) is 5.94. The number of piperidine rings is 1. The third kappa shape index (κ3) is 4.06. The summed E-state index contributed by atoms with van der Waals surface area (Å²) in [5, 5.41) is 3.37. The number of aromatic nitrogens is 2. The number of aryl methyl sites for hydroxylation is 1. The molecule has 1 fully saturated rings. The minimum Gasteiger partial charge on any atom is -0.370 e. The highest BCUT2D eigenvalue weighted by Gasteiger charge is 2.18. The summed E-state index contributed by atoms with van der Waals surface area (Å²) in [4.78, 5) is 11.3. The molecule has 19 heavy (non-hydrogen) atoms. The van der Waals surface area contributed by atoms with Gasteiger partial charge >= 0.3 is 0 Å². The van der Waals surface area contributed by atoms with Crippen LogP contribution < -0.4 is 16.0 Å². The largest absolute Gasteiger partial charge is 0.370 e. The van der Waals surface area contributed by atoms with Crippen LogP contribution in [0.3, 0.4) is 0 Å². The molecule has 0 aliphatic carbocycles. The molecule has 2 rings (SSSR count). The average molecular weight is 263 g/mol. The van der Waals surface area contributed by atoms with E-state index in [4.69, 9.17) is 5.73 Å². The molecule has 5 heteroatoms. The molecule has 5 nitrogen and oxygen atoms in total. The van der Waals surface area contributed by atoms with Gasteiger partial charge in [-0.05, 0) is 25.7 Å². The van der Waals surface area contributed by atoms with Crippen molar-refractivity contribution in [3.8, 4) is 0 Å². The quantitative estimate of drug-likeness (QED) is 0.866. The molecular weight excluding hydrogens is 238 g/mol. The average Bonchev–Trinajstić information content (AvgIpc) is 2.36. The number of hydrogen-bond donors (Lipinski definition) is 2. The van der Waals surface area contributed by atoms with Crippen LogP contribution in [0, 0.1) is 12.8 Å². The van der Waals surface area contributed by atoms with E-state index in [0.29, 0.717) is 12.0 Å². The Labute approximate surface area is 115 Å². The van der Waals surface area contributed by atoms with E-state index in [-0.39, 0.29) is 0 Å². The lowest BCUT2D eigenvalue weighted by Crippen LogP contribution is -2.40. The Morgan fingerprint density at radius 1 is 1.37 bits per heavy atom. The Morgan fingerprint density at radius 3 is 2.68 bits per heavy atom. The van der Waals surface area contributed by atoms with Gasteiger partial charge in [-0.1, -0.05) is 13.8 Å². The molecule has 0 radical (unpaired) electrons. The molecule has 0 bridgehead atoms. The first-order valence-corrected chi connectivity index (χ1v) is 7.14. The number of nitrogens with two attached hydrogens (primary N) is 1. The first kappa shape index (κ1) is 14.1. The molecule has 1 aliphatic heterocycles. The fraction of sp³-hybridized carbons (Fsp3) is 0.714. The zero-order valence-electron chi connectivity index (χ0n) is 12.2. The number of hydrogen-bond acceptors (Lipinski definition) is 5. The standard InChI is InChI=1S/C14H25N5/c1-10(2)9-16-13-8-14(18-11(3)17-13)19-6-4-12(15)5-7-19/h8,10,12H,4-7,9,15H2,1-3H3,(H,16,17,18). The van der Waals surface area contributed by atoms with Crippen LogP contribution in [0.4, 0.5) is 11.6 Å². The van der Waals surface area contributed by atoms with Gasteiger partial charge in [0.25, 0.3) is 0 Å². The number of anilines is 2. The van der Waals surface area contributed by atoms with Crippen LogP contribution in [0.5, 0.6) is 0 Å². The second-order valence-electron chi connectivity index (χ2n) is 5.76. The summed E-state index contributed by atoms with van der Waals surface area (Å²) in [6.07, 6.45) is 2.08. The van der Waals surface area contributed by atoms with Crippen molar-refractivity contribution in [2.45, 2.75) is 39.7 Å². The monoisotopic (exact) mass is 263 g/mol. The van der Waals surface area contributed by atoms with Gasteiger partial charge in [0, 0.05) is 31.7 Å². The number of nitrogens with one attached hydrogen (secondary N) is 1. The van der Waals surface area contributed by atoms with Crippen LogP contribution in [-0.4, -0.2) is 35.6 Å². The van der Waals surface area contributed by atoms with Gasteiger partial charge in [-0.15, -0.1) is 0 Å². The second-order valence-corrected chi connectivity index (χ2v) is 5.76. The van der Waals surface area contributed by atoms with Gasteiger partial charge in [-0.3, -0.25) is 0 Å². The molecule has 1 saturated heterocycles. The first-order valence-electron chi connectivity index (χ1n) is 7.14. The van der Waals surface area contributed by atoms with Gasteiger partial charge in [0.2, 0.25) is 0 Å². The summed E-state index contributed by atoms with van der Waals surface area (Å²) in [6, 6.07) is 2.39. The highest BCUT2D eigenvalue weighted by Crippen LogP contribution is 2.20. The lowest BCUT2D eigenvalue weighted by atomic mass is 10.1. The molecule has 0 amide bonds. The highest BCUT2D eigenvalue weighted by atomic mass is 15.2. The van der Waals surface area contributed by atoms with E-state index in [1.54, 1.807) is 0 Å². The fourth-order valence-electron chi connectivity index (χ4n) is 2.24. The molecule has 0 unspecified atom stereocenters. The summed E-state index contributed by atoms with van der Waals surface area (Å²) in [7, 11) is 0. The van der Waals surface area contributed by atoms with Crippen LogP contribution in [-0.2, 0) is 0 Å². The fourth-order valence-corrected chi connectivity index (χ4v) is 2.24. The minimum atomic E-state index is 0.345. The van der Waals surface area contributed by atoms with Gasteiger partial charge in [-0.25, -0.2) is 9.97 Å². The predicted molar refractivity (Wildman–Crippen MR) is 79.5 cm³/mol. The van der Waals surface area contributed by atoms with Gasteiger partial charge < -0.3 is 16.0 Å². The molecule has 0 saturated carbocycles. The molecule has 1 aliphatic rings. The zero-order chi connectivity index (χ0) is 13.8. The predicted octanol–water partition coefficient (Wildman–Crippen LogP) is 1.78. The van der Waals surface area contributed by atoms with Gasteiger partial charge in [0.15, 0.2) is 0 Å². The summed E-state index contributed by atoms with van der Waals surface area (Å²) < 4.78 is 0. The van der Waals surface area contributed by atoms with E-state index in [2.05, 4.69) is 34.0 Å². The first-order chi connectivity index (χ1) is 9.04. The second kappa shape index (κ2) is 6.19. The third-order valence-electron chi connectivity index (χ3n) is 3.38. The zero-order valence-corrected chi connectivity index (χ0v) is 12.2. The molecule has 106 valence electrons. The lowest BCUT2D eigenvalue weighted by Gasteiger charge is -2.31. The Kier molecular flexibility index (Phi) is 4.58. The van der Waals surface area contributed by atoms with Crippen molar-refractivity contribution in [3.63, 3.8) is 0 Å². The van der Waals surface area contributed by atoms with E-state index in [0.717, 1.165) is 49.9 Å². The molecule has 3 N–H and O–H groups in total. The Hall–Kier alpha value is -1.36. The molecule has 1 aromatic heterocycles. The van der Waals surface area contributed by atoms with Crippen LogP contribution >= 0.6 is 0 Å². The van der Waals surface area contributed by atoms with Crippen molar-refractivity contribution < 1.29 is 0 Å². The molecule has 1 aromatic rings. The number of nitrogens with zero attached hydrogens (tertiary/aromatic N) is 3. The van der Waals surface area contributed by atoms with Crippen LogP contribution in [0.25, 0.3) is 0 Å².